The van der Waals surface area contributed by atoms with Crippen molar-refractivity contribution in [1.29, 1.82) is 0 Å². The molecule has 2 aromatic rings. The van der Waals surface area contributed by atoms with Crippen LogP contribution in [0.2, 0.25) is 0 Å². The molecule has 6 nitrogen and oxygen atoms in total. The van der Waals surface area contributed by atoms with Gasteiger partial charge in [-0.2, -0.15) is 0 Å². The van der Waals surface area contributed by atoms with Gasteiger partial charge in [0, 0.05) is 24.5 Å². The van der Waals surface area contributed by atoms with Crippen LogP contribution in [0.25, 0.3) is 0 Å². The number of aromatic nitrogens is 1. The number of carbonyl (C=O) groups is 2. The van der Waals surface area contributed by atoms with E-state index in [2.05, 4.69) is 0 Å². The van der Waals surface area contributed by atoms with Gasteiger partial charge in [0.25, 0.3) is 0 Å². The smallest absolute Gasteiger partial charge is 0.316 e. The highest BCUT2D eigenvalue weighted by molar-refractivity contribution is 5.97. The fraction of sp³-hybridized carbons (Fsp3) is 0.316. The molecule has 0 saturated carbocycles. The van der Waals surface area contributed by atoms with Crippen molar-refractivity contribution in [2.24, 2.45) is 0 Å². The summed E-state index contributed by atoms with van der Waals surface area (Å²) in [4.78, 5) is 28.3. The van der Waals surface area contributed by atoms with E-state index in [1.165, 1.54) is 0 Å². The summed E-state index contributed by atoms with van der Waals surface area (Å²) in [7, 11) is 0. The molecule has 0 aliphatic carbocycles. The Morgan fingerprint density at radius 3 is 2.28 bits per heavy atom. The van der Waals surface area contributed by atoms with Crippen LogP contribution in [0.15, 0.2) is 54.7 Å². The summed E-state index contributed by atoms with van der Waals surface area (Å²) in [5.41, 5.74) is 0.650. The van der Waals surface area contributed by atoms with Crippen molar-refractivity contribution in [3.63, 3.8) is 0 Å². The number of hydrogen-bond donors (Lipinski definition) is 1. The molecule has 130 valence electrons. The summed E-state index contributed by atoms with van der Waals surface area (Å²) in [5, 5.41) is 9.85. The van der Waals surface area contributed by atoms with Gasteiger partial charge in [-0.05, 0) is 6.07 Å². The van der Waals surface area contributed by atoms with Crippen molar-refractivity contribution in [1.82, 2.24) is 4.90 Å². The summed E-state index contributed by atoms with van der Waals surface area (Å²) in [6.07, 6.45) is 2.06. The number of rotatable bonds is 5. The van der Waals surface area contributed by atoms with Crippen LogP contribution in [0, 0.1) is 0 Å². The number of benzene rings is 1. The van der Waals surface area contributed by atoms with E-state index >= 15 is 0 Å². The Bertz CT molecular complexity index is 741. The van der Waals surface area contributed by atoms with E-state index < -0.39 is 0 Å². The first kappa shape index (κ1) is 17.0. The second kappa shape index (κ2) is 7.79. The third-order valence-corrected chi connectivity index (χ3v) is 4.44. The summed E-state index contributed by atoms with van der Waals surface area (Å²) < 4.78 is 1.09. The number of Topliss-reactive ketones (excluding diaryl/α,β-unsaturated/α-hetero) is 1. The topological polar surface area (TPSA) is 64.7 Å². The largest absolute Gasteiger partial charge is 0.350 e. The third kappa shape index (κ3) is 4.15. The second-order valence-corrected chi connectivity index (χ2v) is 6.06. The van der Waals surface area contributed by atoms with Crippen molar-refractivity contribution in [2.75, 3.05) is 31.1 Å². The molecule has 0 spiro atoms. The number of amides is 1. The van der Waals surface area contributed by atoms with Gasteiger partial charge >= 0.3 is 5.82 Å². The van der Waals surface area contributed by atoms with Gasteiger partial charge in [0.2, 0.25) is 5.91 Å². The summed E-state index contributed by atoms with van der Waals surface area (Å²) in [6.45, 7) is 2.49. The van der Waals surface area contributed by atoms with Gasteiger partial charge in [-0.3, -0.25) is 14.5 Å². The fourth-order valence-corrected chi connectivity index (χ4v) is 3.01. The molecule has 1 aliphatic rings. The Morgan fingerprint density at radius 2 is 1.60 bits per heavy atom. The van der Waals surface area contributed by atoms with E-state index in [1.54, 1.807) is 29.3 Å². The van der Waals surface area contributed by atoms with Gasteiger partial charge in [-0.25, -0.2) is 0 Å². The average Bonchev–Trinajstić information content (AvgIpc) is 2.67. The molecule has 0 bridgehead atoms. The first-order chi connectivity index (χ1) is 12.1. The second-order valence-electron chi connectivity index (χ2n) is 6.06. The van der Waals surface area contributed by atoms with Crippen LogP contribution in [-0.2, 0) is 4.79 Å². The van der Waals surface area contributed by atoms with Gasteiger partial charge in [-0.1, -0.05) is 41.1 Å². The normalized spacial score (nSPS) is 14.4. The standard InChI is InChI=1S/C19H22N3O3/c23-17(16-6-2-1-3-7-16)9-10-19(24)21-14-12-20(13-15-21)18-8-4-5-11-22(18)25/h1-8,11,25H,9-10,12-15H2/q+1. The third-order valence-electron chi connectivity index (χ3n) is 4.44. The summed E-state index contributed by atoms with van der Waals surface area (Å²) >= 11 is 0. The molecular weight excluding hydrogens is 318 g/mol. The SMILES string of the molecule is O=C(CCC(=O)N1CCN(c2cccc[n+]2O)CC1)c1ccccc1. The predicted molar refractivity (Wildman–Crippen MR) is 92.6 cm³/mol. The van der Waals surface area contributed by atoms with E-state index in [9.17, 15) is 14.8 Å². The lowest BCUT2D eigenvalue weighted by Gasteiger charge is -2.31. The molecule has 0 atom stereocenters. The Labute approximate surface area is 146 Å². The molecule has 1 saturated heterocycles. The van der Waals surface area contributed by atoms with Gasteiger partial charge in [0.15, 0.2) is 5.78 Å². The highest BCUT2D eigenvalue weighted by Crippen LogP contribution is 2.13. The van der Waals surface area contributed by atoms with Crippen LogP contribution >= 0.6 is 0 Å². The predicted octanol–water partition coefficient (Wildman–Crippen LogP) is 1.52. The van der Waals surface area contributed by atoms with Crippen LogP contribution in [0.4, 0.5) is 5.82 Å². The fourth-order valence-electron chi connectivity index (χ4n) is 3.01. The monoisotopic (exact) mass is 340 g/mol. The number of nitrogens with zero attached hydrogens (tertiary/aromatic N) is 3. The lowest BCUT2D eigenvalue weighted by atomic mass is 10.1. The Morgan fingerprint density at radius 1 is 0.920 bits per heavy atom. The highest BCUT2D eigenvalue weighted by atomic mass is 16.5. The first-order valence-corrected chi connectivity index (χ1v) is 8.46. The zero-order valence-corrected chi connectivity index (χ0v) is 14.0. The number of anilines is 1. The van der Waals surface area contributed by atoms with Crippen molar-refractivity contribution in [3.8, 4) is 0 Å². The van der Waals surface area contributed by atoms with E-state index in [4.69, 9.17) is 0 Å². The molecule has 1 N–H and O–H groups in total. The Kier molecular flexibility index (Phi) is 5.28. The maximum absolute atomic E-state index is 12.3. The first-order valence-electron chi connectivity index (χ1n) is 8.46. The maximum atomic E-state index is 12.3. The molecule has 0 radical (unpaired) electrons. The van der Waals surface area contributed by atoms with Crippen molar-refractivity contribution in [2.45, 2.75) is 12.8 Å². The minimum atomic E-state index is -0.00167. The van der Waals surface area contributed by atoms with Crippen molar-refractivity contribution < 1.29 is 19.5 Å². The Hall–Kier alpha value is -2.89. The van der Waals surface area contributed by atoms with Crippen LogP contribution in [-0.4, -0.2) is 48.0 Å². The molecule has 1 amide bonds. The van der Waals surface area contributed by atoms with E-state index in [0.717, 1.165) is 4.73 Å². The zero-order chi connectivity index (χ0) is 17.6. The molecule has 3 rings (SSSR count). The Balaban J connectivity index is 1.49. The van der Waals surface area contributed by atoms with E-state index in [0.29, 0.717) is 37.6 Å². The summed E-state index contributed by atoms with van der Waals surface area (Å²) in [6, 6.07) is 14.5. The lowest BCUT2D eigenvalue weighted by molar-refractivity contribution is -0.894. The molecule has 0 unspecified atom stereocenters. The molecular formula is C19H22N3O3+. The number of pyridine rings is 1. The van der Waals surface area contributed by atoms with Crippen LogP contribution < -0.4 is 9.63 Å². The minimum absolute atomic E-state index is 0.00167. The number of carbonyl (C=O) groups excluding carboxylic acids is 2. The maximum Gasteiger partial charge on any atom is 0.316 e. The number of piperazine rings is 1. The van der Waals surface area contributed by atoms with E-state index in [1.807, 2.05) is 35.2 Å². The van der Waals surface area contributed by atoms with Crippen LogP contribution in [0.3, 0.4) is 0 Å². The summed E-state index contributed by atoms with van der Waals surface area (Å²) in [5.74, 6) is 0.723. The van der Waals surface area contributed by atoms with Gasteiger partial charge < -0.3 is 10.1 Å². The van der Waals surface area contributed by atoms with Crippen molar-refractivity contribution >= 4 is 17.5 Å². The van der Waals surface area contributed by atoms with Gasteiger partial charge in [-0.15, -0.1) is 0 Å². The van der Waals surface area contributed by atoms with Crippen LogP contribution in [0.1, 0.15) is 23.2 Å². The van der Waals surface area contributed by atoms with Crippen molar-refractivity contribution in [3.05, 3.63) is 60.3 Å². The number of ketones is 1. The van der Waals surface area contributed by atoms with Gasteiger partial charge in [0.05, 0.1) is 13.1 Å². The van der Waals surface area contributed by atoms with Gasteiger partial charge in [0.1, 0.15) is 19.3 Å². The zero-order valence-electron chi connectivity index (χ0n) is 14.0. The minimum Gasteiger partial charge on any atom is -0.350 e. The molecule has 25 heavy (non-hydrogen) atoms. The molecule has 1 aromatic carbocycles. The molecule has 2 heterocycles. The van der Waals surface area contributed by atoms with Crippen LogP contribution in [0.5, 0.6) is 0 Å². The van der Waals surface area contributed by atoms with E-state index in [-0.39, 0.29) is 24.5 Å². The molecule has 1 aliphatic heterocycles. The molecule has 1 aromatic heterocycles. The average molecular weight is 340 g/mol. The highest BCUT2D eigenvalue weighted by Gasteiger charge is 2.27. The molecule has 6 heteroatoms. The number of hydrogen-bond acceptors (Lipinski definition) is 4. The lowest BCUT2D eigenvalue weighted by Crippen LogP contribution is -2.52. The quantitative estimate of drug-likeness (QED) is 0.509. The molecule has 1 fully saturated rings.